The SMILES string of the molecule is CCC(CN=C=O)C(=O)[O-]. The first kappa shape index (κ1) is 8.85. The minimum absolute atomic E-state index is 0.0255. The average molecular weight is 142 g/mol. The van der Waals surface area contributed by atoms with Crippen molar-refractivity contribution in [1.82, 2.24) is 0 Å². The van der Waals surface area contributed by atoms with Crippen molar-refractivity contribution in [2.45, 2.75) is 13.3 Å². The Morgan fingerprint density at radius 3 is 2.70 bits per heavy atom. The molecule has 0 radical (unpaired) electrons. The second kappa shape index (κ2) is 4.70. The summed E-state index contributed by atoms with van der Waals surface area (Å²) in [6.45, 7) is 1.67. The maximum absolute atomic E-state index is 10.1. The number of isocyanates is 1. The monoisotopic (exact) mass is 142 g/mol. The zero-order chi connectivity index (χ0) is 7.98. The van der Waals surface area contributed by atoms with Crippen LogP contribution in [-0.2, 0) is 9.59 Å². The van der Waals surface area contributed by atoms with E-state index in [4.69, 9.17) is 0 Å². The van der Waals surface area contributed by atoms with Crippen LogP contribution < -0.4 is 5.11 Å². The summed E-state index contributed by atoms with van der Waals surface area (Å²) in [5.74, 6) is -1.82. The summed E-state index contributed by atoms with van der Waals surface area (Å²) in [5.41, 5.74) is 0. The topological polar surface area (TPSA) is 69.6 Å². The number of hydrogen-bond donors (Lipinski definition) is 0. The van der Waals surface area contributed by atoms with E-state index >= 15 is 0 Å². The van der Waals surface area contributed by atoms with Crippen molar-refractivity contribution in [3.63, 3.8) is 0 Å². The fourth-order valence-electron chi connectivity index (χ4n) is 0.518. The van der Waals surface area contributed by atoms with E-state index in [9.17, 15) is 14.7 Å². The predicted octanol–water partition coefficient (Wildman–Crippen LogP) is -0.902. The fourth-order valence-corrected chi connectivity index (χ4v) is 0.518. The highest BCUT2D eigenvalue weighted by molar-refractivity contribution is 5.67. The number of aliphatic imine (C=N–C) groups is 1. The van der Waals surface area contributed by atoms with Gasteiger partial charge < -0.3 is 9.90 Å². The first-order chi connectivity index (χ1) is 4.72. The Kier molecular flexibility index (Phi) is 4.16. The summed E-state index contributed by atoms with van der Waals surface area (Å²) in [6.07, 6.45) is 1.70. The van der Waals surface area contributed by atoms with Crippen LogP contribution >= 0.6 is 0 Å². The molecule has 4 nitrogen and oxygen atoms in total. The molecule has 1 atom stereocenters. The van der Waals surface area contributed by atoms with Gasteiger partial charge >= 0.3 is 0 Å². The van der Waals surface area contributed by atoms with Crippen molar-refractivity contribution in [1.29, 1.82) is 0 Å². The molecular weight excluding hydrogens is 134 g/mol. The van der Waals surface area contributed by atoms with Crippen LogP contribution in [0, 0.1) is 5.92 Å². The van der Waals surface area contributed by atoms with E-state index in [1.807, 2.05) is 0 Å². The summed E-state index contributed by atoms with van der Waals surface area (Å²) < 4.78 is 0. The lowest BCUT2D eigenvalue weighted by Crippen LogP contribution is -2.32. The third-order valence-corrected chi connectivity index (χ3v) is 1.20. The molecule has 4 heteroatoms. The van der Waals surface area contributed by atoms with Gasteiger partial charge in [-0.2, -0.15) is 0 Å². The molecule has 0 aliphatic carbocycles. The summed E-state index contributed by atoms with van der Waals surface area (Å²) in [4.78, 5) is 22.8. The largest absolute Gasteiger partial charge is 0.550 e. The second-order valence-corrected chi connectivity index (χ2v) is 1.86. The second-order valence-electron chi connectivity index (χ2n) is 1.86. The van der Waals surface area contributed by atoms with Crippen LogP contribution in [0.3, 0.4) is 0 Å². The number of aliphatic carboxylic acids is 1. The molecule has 0 rings (SSSR count). The molecule has 0 bridgehead atoms. The molecule has 0 aromatic heterocycles. The summed E-state index contributed by atoms with van der Waals surface area (Å²) in [6, 6.07) is 0. The molecule has 56 valence electrons. The van der Waals surface area contributed by atoms with Crippen LogP contribution in [0.5, 0.6) is 0 Å². The van der Waals surface area contributed by atoms with Crippen LogP contribution in [0.25, 0.3) is 0 Å². The number of carbonyl (C=O) groups is 1. The van der Waals surface area contributed by atoms with E-state index < -0.39 is 11.9 Å². The Hall–Kier alpha value is -1.15. The maximum atomic E-state index is 10.1. The molecule has 0 aromatic rings. The normalized spacial score (nSPS) is 11.7. The molecule has 1 unspecified atom stereocenters. The van der Waals surface area contributed by atoms with E-state index in [1.54, 1.807) is 6.92 Å². The fraction of sp³-hybridized carbons (Fsp3) is 0.667. The Morgan fingerprint density at radius 1 is 1.80 bits per heavy atom. The zero-order valence-corrected chi connectivity index (χ0v) is 5.66. The first-order valence-corrected chi connectivity index (χ1v) is 2.96. The van der Waals surface area contributed by atoms with E-state index in [0.29, 0.717) is 6.42 Å². The number of rotatable bonds is 4. The Bertz CT molecular complexity index is 160. The molecule has 0 saturated heterocycles. The van der Waals surface area contributed by atoms with Gasteiger partial charge in [0.15, 0.2) is 0 Å². The van der Waals surface area contributed by atoms with Crippen molar-refractivity contribution in [2.75, 3.05) is 6.54 Å². The molecule has 0 aliphatic heterocycles. The number of nitrogens with zero attached hydrogens (tertiary/aromatic N) is 1. The van der Waals surface area contributed by atoms with Gasteiger partial charge in [-0.15, -0.1) is 0 Å². The molecule has 0 aliphatic rings. The van der Waals surface area contributed by atoms with Crippen molar-refractivity contribution in [3.05, 3.63) is 0 Å². The van der Waals surface area contributed by atoms with Crippen LogP contribution in [0.2, 0.25) is 0 Å². The van der Waals surface area contributed by atoms with E-state index in [0.717, 1.165) is 0 Å². The number of carboxylic acid groups (broad SMARTS) is 1. The molecule has 0 heterocycles. The summed E-state index contributed by atoms with van der Waals surface area (Å²) in [7, 11) is 0. The first-order valence-electron chi connectivity index (χ1n) is 2.96. The third kappa shape index (κ3) is 2.99. The molecule has 0 amide bonds. The smallest absolute Gasteiger partial charge is 0.234 e. The molecule has 0 aromatic carbocycles. The van der Waals surface area contributed by atoms with Crippen molar-refractivity contribution >= 4 is 12.0 Å². The Labute approximate surface area is 58.6 Å². The molecule has 0 spiro atoms. The molecule has 0 saturated carbocycles. The minimum Gasteiger partial charge on any atom is -0.550 e. The lowest BCUT2D eigenvalue weighted by atomic mass is 10.1. The highest BCUT2D eigenvalue weighted by Gasteiger charge is 2.04. The van der Waals surface area contributed by atoms with E-state index in [2.05, 4.69) is 4.99 Å². The van der Waals surface area contributed by atoms with Gasteiger partial charge in [-0.3, -0.25) is 0 Å². The average Bonchev–Trinajstić information content (AvgIpc) is 1.89. The molecular formula is C6H8NO3-. The minimum atomic E-state index is -1.17. The van der Waals surface area contributed by atoms with Crippen molar-refractivity contribution in [3.8, 4) is 0 Å². The quantitative estimate of drug-likeness (QED) is 0.377. The van der Waals surface area contributed by atoms with Gasteiger partial charge in [-0.1, -0.05) is 6.92 Å². The van der Waals surface area contributed by atoms with Crippen LogP contribution in [0.4, 0.5) is 0 Å². The van der Waals surface area contributed by atoms with Gasteiger partial charge in [0.25, 0.3) is 0 Å². The van der Waals surface area contributed by atoms with Gasteiger partial charge in [0, 0.05) is 11.9 Å². The van der Waals surface area contributed by atoms with E-state index in [1.165, 1.54) is 6.08 Å². The number of hydrogen-bond acceptors (Lipinski definition) is 4. The highest BCUT2D eigenvalue weighted by atomic mass is 16.4. The lowest BCUT2D eigenvalue weighted by Gasteiger charge is -2.10. The Morgan fingerprint density at radius 2 is 2.40 bits per heavy atom. The highest BCUT2D eigenvalue weighted by Crippen LogP contribution is 1.99. The summed E-state index contributed by atoms with van der Waals surface area (Å²) >= 11 is 0. The van der Waals surface area contributed by atoms with Crippen LogP contribution in [-0.4, -0.2) is 18.6 Å². The van der Waals surface area contributed by atoms with Gasteiger partial charge in [0.1, 0.15) is 0 Å². The zero-order valence-electron chi connectivity index (χ0n) is 5.66. The molecule has 0 fully saturated rings. The summed E-state index contributed by atoms with van der Waals surface area (Å²) in [5, 5.41) is 10.1. The molecule has 0 N–H and O–H groups in total. The number of carboxylic acids is 1. The lowest BCUT2D eigenvalue weighted by molar-refractivity contribution is -0.311. The van der Waals surface area contributed by atoms with E-state index in [-0.39, 0.29) is 6.54 Å². The van der Waals surface area contributed by atoms with Gasteiger partial charge in [-0.25, -0.2) is 9.79 Å². The Balaban J connectivity index is 3.82. The number of carbonyl (C=O) groups excluding carboxylic acids is 2. The van der Waals surface area contributed by atoms with Crippen molar-refractivity contribution in [2.24, 2.45) is 10.9 Å². The van der Waals surface area contributed by atoms with Crippen molar-refractivity contribution < 1.29 is 14.7 Å². The maximum Gasteiger partial charge on any atom is 0.234 e. The standard InChI is InChI=1S/C6H9NO3/c1-2-5(6(9)10)3-7-4-8/h5H,2-3H2,1H3,(H,9,10)/p-1. The predicted molar refractivity (Wildman–Crippen MR) is 31.8 cm³/mol. The van der Waals surface area contributed by atoms with Gasteiger partial charge in [0.05, 0.1) is 6.54 Å². The van der Waals surface area contributed by atoms with Crippen LogP contribution in [0.1, 0.15) is 13.3 Å². The van der Waals surface area contributed by atoms with Crippen LogP contribution in [0.15, 0.2) is 4.99 Å². The third-order valence-electron chi connectivity index (χ3n) is 1.20. The van der Waals surface area contributed by atoms with Gasteiger partial charge in [-0.05, 0) is 6.42 Å². The van der Waals surface area contributed by atoms with Gasteiger partial charge in [0.2, 0.25) is 6.08 Å². The molecule has 10 heavy (non-hydrogen) atoms.